The second kappa shape index (κ2) is 6.39. The first kappa shape index (κ1) is 15.0. The molecule has 5 heteroatoms. The van der Waals surface area contributed by atoms with Crippen LogP contribution in [0.1, 0.15) is 18.1 Å². The normalized spacial score (nSPS) is 11.5. The molecule has 0 amide bonds. The van der Waals surface area contributed by atoms with Gasteiger partial charge in [0.25, 0.3) is 10.1 Å². The number of aryl methyl sites for hydroxylation is 1. The molecule has 0 unspecified atom stereocenters. The summed E-state index contributed by atoms with van der Waals surface area (Å²) in [5, 5.41) is 0.485. The third kappa shape index (κ3) is 3.82. The second-order valence-electron chi connectivity index (χ2n) is 4.34. The minimum Gasteiger partial charge on any atom is -0.262 e. The molecule has 20 heavy (non-hydrogen) atoms. The number of halogens is 1. The first-order chi connectivity index (χ1) is 9.51. The predicted octanol–water partition coefficient (Wildman–Crippen LogP) is 3.81. The average Bonchev–Trinajstić information content (AvgIpc) is 2.46. The van der Waals surface area contributed by atoms with E-state index in [0.717, 1.165) is 12.0 Å². The van der Waals surface area contributed by atoms with Gasteiger partial charge in [0.05, 0.1) is 11.5 Å². The molecule has 2 aromatic rings. The van der Waals surface area contributed by atoms with E-state index in [0.29, 0.717) is 5.02 Å². The van der Waals surface area contributed by atoms with Crippen LogP contribution in [0.2, 0.25) is 5.02 Å². The van der Waals surface area contributed by atoms with Gasteiger partial charge in [-0.25, -0.2) is 0 Å². The monoisotopic (exact) mass is 310 g/mol. The fourth-order valence-electron chi connectivity index (χ4n) is 1.69. The lowest BCUT2D eigenvalue weighted by atomic mass is 10.1. The molecule has 0 fully saturated rings. The van der Waals surface area contributed by atoms with Crippen molar-refractivity contribution in [3.05, 3.63) is 64.7 Å². The fourth-order valence-corrected chi connectivity index (χ4v) is 2.71. The van der Waals surface area contributed by atoms with Crippen LogP contribution in [-0.4, -0.2) is 8.42 Å². The highest BCUT2D eigenvalue weighted by molar-refractivity contribution is 7.86. The molecule has 106 valence electrons. The number of rotatable bonds is 5. The molecule has 0 saturated heterocycles. The molecule has 0 radical (unpaired) electrons. The van der Waals surface area contributed by atoms with Crippen LogP contribution >= 0.6 is 11.6 Å². The molecule has 2 rings (SSSR count). The Kier molecular flexibility index (Phi) is 4.81. The number of hydrogen-bond acceptors (Lipinski definition) is 3. The lowest BCUT2D eigenvalue weighted by molar-refractivity contribution is 0.308. The molecule has 0 aliphatic heterocycles. The van der Waals surface area contributed by atoms with Crippen LogP contribution in [0, 0.1) is 0 Å². The van der Waals surface area contributed by atoms with Gasteiger partial charge < -0.3 is 0 Å². The smallest absolute Gasteiger partial charge is 0.262 e. The molecule has 0 bridgehead atoms. The largest absolute Gasteiger partial charge is 0.297 e. The zero-order valence-corrected chi connectivity index (χ0v) is 12.6. The highest BCUT2D eigenvalue weighted by atomic mass is 35.5. The molecule has 0 aliphatic rings. The van der Waals surface area contributed by atoms with E-state index in [2.05, 4.69) is 6.92 Å². The van der Waals surface area contributed by atoms with Crippen molar-refractivity contribution >= 4 is 21.7 Å². The van der Waals surface area contributed by atoms with E-state index < -0.39 is 10.1 Å². The van der Waals surface area contributed by atoms with Crippen molar-refractivity contribution in [1.82, 2.24) is 0 Å². The third-order valence-electron chi connectivity index (χ3n) is 2.91. The fraction of sp³-hybridized carbons (Fsp3) is 0.200. The molecular weight excluding hydrogens is 296 g/mol. The number of benzene rings is 2. The topological polar surface area (TPSA) is 43.4 Å². The molecule has 0 N–H and O–H groups in total. The van der Waals surface area contributed by atoms with Gasteiger partial charge >= 0.3 is 0 Å². The summed E-state index contributed by atoms with van der Waals surface area (Å²) in [5.41, 5.74) is 2.02. The van der Waals surface area contributed by atoms with E-state index in [1.807, 2.05) is 24.3 Å². The Balaban J connectivity index is 2.06. The van der Waals surface area contributed by atoms with Crippen molar-refractivity contribution in [3.8, 4) is 0 Å². The standard InChI is InChI=1S/C15H15ClO3S/c1-2-12-3-5-13(6-4-12)11-19-20(17,18)15-9-7-14(16)8-10-15/h3-10H,2,11H2,1H3. The Morgan fingerprint density at radius 3 is 2.05 bits per heavy atom. The Hall–Kier alpha value is -1.36. The maximum atomic E-state index is 12.0. The molecule has 0 aromatic heterocycles. The Bertz CT molecular complexity index is 661. The van der Waals surface area contributed by atoms with E-state index in [4.69, 9.17) is 15.8 Å². The van der Waals surface area contributed by atoms with E-state index in [1.165, 1.54) is 29.8 Å². The average molecular weight is 311 g/mol. The van der Waals surface area contributed by atoms with Crippen LogP contribution < -0.4 is 0 Å². The molecule has 0 saturated carbocycles. The van der Waals surface area contributed by atoms with Crippen molar-refractivity contribution in [2.24, 2.45) is 0 Å². The van der Waals surface area contributed by atoms with Crippen molar-refractivity contribution < 1.29 is 12.6 Å². The van der Waals surface area contributed by atoms with Gasteiger partial charge in [0, 0.05) is 5.02 Å². The van der Waals surface area contributed by atoms with Crippen LogP contribution in [0.5, 0.6) is 0 Å². The molecule has 3 nitrogen and oxygen atoms in total. The Labute approximate surface area is 124 Å². The Morgan fingerprint density at radius 1 is 0.950 bits per heavy atom. The van der Waals surface area contributed by atoms with Crippen LogP contribution in [0.3, 0.4) is 0 Å². The summed E-state index contributed by atoms with van der Waals surface area (Å²) >= 11 is 5.73. The van der Waals surface area contributed by atoms with Crippen molar-refractivity contribution in [2.75, 3.05) is 0 Å². The van der Waals surface area contributed by atoms with Crippen molar-refractivity contribution in [1.29, 1.82) is 0 Å². The van der Waals surface area contributed by atoms with Crippen LogP contribution in [0.25, 0.3) is 0 Å². The van der Waals surface area contributed by atoms with E-state index in [-0.39, 0.29) is 11.5 Å². The zero-order chi connectivity index (χ0) is 14.6. The van der Waals surface area contributed by atoms with Gasteiger partial charge in [-0.1, -0.05) is 42.8 Å². The van der Waals surface area contributed by atoms with Crippen molar-refractivity contribution in [2.45, 2.75) is 24.8 Å². The van der Waals surface area contributed by atoms with Gasteiger partial charge in [0.15, 0.2) is 0 Å². The van der Waals surface area contributed by atoms with Gasteiger partial charge in [0.1, 0.15) is 0 Å². The summed E-state index contributed by atoms with van der Waals surface area (Å²) in [7, 11) is -3.75. The summed E-state index contributed by atoms with van der Waals surface area (Å²) in [6.45, 7) is 2.09. The van der Waals surface area contributed by atoms with Gasteiger partial charge in [-0.15, -0.1) is 0 Å². The van der Waals surface area contributed by atoms with Crippen LogP contribution in [0.15, 0.2) is 53.4 Å². The first-order valence-electron chi connectivity index (χ1n) is 6.24. The van der Waals surface area contributed by atoms with Crippen LogP contribution in [-0.2, 0) is 27.3 Å². The van der Waals surface area contributed by atoms with Gasteiger partial charge in [0.2, 0.25) is 0 Å². The maximum Gasteiger partial charge on any atom is 0.297 e. The second-order valence-corrected chi connectivity index (χ2v) is 6.39. The summed E-state index contributed by atoms with van der Waals surface area (Å²) in [6, 6.07) is 13.6. The van der Waals surface area contributed by atoms with Gasteiger partial charge in [-0.3, -0.25) is 4.18 Å². The third-order valence-corrected chi connectivity index (χ3v) is 4.44. The summed E-state index contributed by atoms with van der Waals surface area (Å²) < 4.78 is 29.0. The van der Waals surface area contributed by atoms with E-state index >= 15 is 0 Å². The zero-order valence-electron chi connectivity index (χ0n) is 11.0. The van der Waals surface area contributed by atoms with Crippen LogP contribution in [0.4, 0.5) is 0 Å². The van der Waals surface area contributed by atoms with Crippen molar-refractivity contribution in [3.63, 3.8) is 0 Å². The molecular formula is C15H15ClO3S. The summed E-state index contributed by atoms with van der Waals surface area (Å²) in [6.07, 6.45) is 0.949. The lowest BCUT2D eigenvalue weighted by Crippen LogP contribution is -2.06. The quantitative estimate of drug-likeness (QED) is 0.789. The van der Waals surface area contributed by atoms with Gasteiger partial charge in [-0.2, -0.15) is 8.42 Å². The van der Waals surface area contributed by atoms with E-state index in [1.54, 1.807) is 0 Å². The highest BCUT2D eigenvalue weighted by Crippen LogP contribution is 2.17. The molecule has 0 aliphatic carbocycles. The summed E-state index contributed by atoms with van der Waals surface area (Å²) in [4.78, 5) is 0.104. The molecule has 0 atom stereocenters. The van der Waals surface area contributed by atoms with E-state index in [9.17, 15) is 8.42 Å². The van der Waals surface area contributed by atoms with Gasteiger partial charge in [-0.05, 0) is 41.8 Å². The maximum absolute atomic E-state index is 12.0. The summed E-state index contributed by atoms with van der Waals surface area (Å²) in [5.74, 6) is 0. The number of hydrogen-bond donors (Lipinski definition) is 0. The molecule has 0 heterocycles. The molecule has 0 spiro atoms. The predicted molar refractivity (Wildman–Crippen MR) is 79.2 cm³/mol. The minimum atomic E-state index is -3.75. The Morgan fingerprint density at radius 2 is 1.50 bits per heavy atom. The minimum absolute atomic E-state index is 0.0228. The lowest BCUT2D eigenvalue weighted by Gasteiger charge is -2.06. The first-order valence-corrected chi connectivity index (χ1v) is 8.02. The molecule has 2 aromatic carbocycles. The SMILES string of the molecule is CCc1ccc(COS(=O)(=O)c2ccc(Cl)cc2)cc1. The highest BCUT2D eigenvalue weighted by Gasteiger charge is 2.14.